The highest BCUT2D eigenvalue weighted by molar-refractivity contribution is 6.10. The number of aromatic nitrogens is 1. The van der Waals surface area contributed by atoms with Gasteiger partial charge in [0, 0.05) is 18.4 Å². The van der Waals surface area contributed by atoms with Crippen molar-refractivity contribution in [1.29, 1.82) is 0 Å². The Hall–Kier alpha value is -1.90. The molecule has 1 aliphatic rings. The average Bonchev–Trinajstić information content (AvgIpc) is 2.63. The summed E-state index contributed by atoms with van der Waals surface area (Å²) in [4.78, 5) is 18.0. The maximum absolute atomic E-state index is 13.0. The first-order valence-corrected chi connectivity index (χ1v) is 11.1. The number of pyridine rings is 1. The van der Waals surface area contributed by atoms with Crippen LogP contribution in [0.1, 0.15) is 93.8 Å². The third-order valence-corrected chi connectivity index (χ3v) is 5.94. The lowest BCUT2D eigenvalue weighted by molar-refractivity contribution is 0.0911. The van der Waals surface area contributed by atoms with Crippen molar-refractivity contribution >= 4 is 22.4 Å². The predicted molar refractivity (Wildman–Crippen MR) is 119 cm³/mol. The highest BCUT2D eigenvalue weighted by Gasteiger charge is 2.34. The van der Waals surface area contributed by atoms with E-state index < -0.39 is 0 Å². The molecule has 3 rings (SSSR count). The summed E-state index contributed by atoms with van der Waals surface area (Å²) in [7, 11) is 0. The Morgan fingerprint density at radius 1 is 1.04 bits per heavy atom. The van der Waals surface area contributed by atoms with Gasteiger partial charge in [0.15, 0.2) is 5.78 Å². The van der Waals surface area contributed by atoms with Crippen LogP contribution in [-0.2, 0) is 6.42 Å². The molecule has 0 radical (unpaired) electrons. The van der Waals surface area contributed by atoms with Crippen LogP contribution in [-0.4, -0.2) is 17.3 Å². The lowest BCUT2D eigenvalue weighted by atomic mass is 9.75. The number of hydrogen-bond donors (Lipinski definition) is 1. The summed E-state index contributed by atoms with van der Waals surface area (Å²) < 4.78 is 0. The average molecular weight is 381 g/mol. The first-order valence-electron chi connectivity index (χ1n) is 11.1. The summed E-state index contributed by atoms with van der Waals surface area (Å²) in [6, 6.07) is 6.29. The van der Waals surface area contributed by atoms with Crippen LogP contribution in [0, 0.1) is 12.3 Å². The SMILES string of the molecule is CCCCCCCCCNc1c2c(nc3c(C)cccc13)CC(C)(C)CC2=O. The third-order valence-electron chi connectivity index (χ3n) is 5.94. The zero-order chi connectivity index (χ0) is 20.1. The van der Waals surface area contributed by atoms with Gasteiger partial charge in [0.25, 0.3) is 0 Å². The number of nitrogens with one attached hydrogen (secondary N) is 1. The van der Waals surface area contributed by atoms with E-state index in [1.54, 1.807) is 0 Å². The number of aryl methyl sites for hydroxylation is 1. The number of rotatable bonds is 9. The van der Waals surface area contributed by atoms with Crippen LogP contribution in [0.2, 0.25) is 0 Å². The van der Waals surface area contributed by atoms with Gasteiger partial charge in [0.05, 0.1) is 22.5 Å². The van der Waals surface area contributed by atoms with Crippen LogP contribution in [0.3, 0.4) is 0 Å². The minimum Gasteiger partial charge on any atom is -0.384 e. The van der Waals surface area contributed by atoms with Crippen LogP contribution < -0.4 is 5.32 Å². The van der Waals surface area contributed by atoms with Crippen LogP contribution in [0.5, 0.6) is 0 Å². The second kappa shape index (κ2) is 9.07. The van der Waals surface area contributed by atoms with E-state index in [0.29, 0.717) is 6.42 Å². The topological polar surface area (TPSA) is 42.0 Å². The molecular formula is C25H36N2O. The fourth-order valence-corrected chi connectivity index (χ4v) is 4.43. The Balaban J connectivity index is 1.80. The monoisotopic (exact) mass is 380 g/mol. The van der Waals surface area contributed by atoms with Gasteiger partial charge < -0.3 is 5.32 Å². The van der Waals surface area contributed by atoms with E-state index in [0.717, 1.165) is 47.2 Å². The van der Waals surface area contributed by atoms with Crippen molar-refractivity contribution in [2.75, 3.05) is 11.9 Å². The predicted octanol–water partition coefficient (Wildman–Crippen LogP) is 6.86. The summed E-state index contributed by atoms with van der Waals surface area (Å²) in [5.74, 6) is 0.240. The molecule has 1 aliphatic carbocycles. The van der Waals surface area contributed by atoms with Crippen molar-refractivity contribution in [3.05, 3.63) is 35.0 Å². The quantitative estimate of drug-likeness (QED) is 0.483. The largest absolute Gasteiger partial charge is 0.384 e. The lowest BCUT2D eigenvalue weighted by Gasteiger charge is -2.31. The zero-order valence-electron chi connectivity index (χ0n) is 18.2. The van der Waals surface area contributed by atoms with Crippen molar-refractivity contribution in [1.82, 2.24) is 4.98 Å². The molecule has 0 saturated carbocycles. The van der Waals surface area contributed by atoms with E-state index in [4.69, 9.17) is 4.98 Å². The van der Waals surface area contributed by atoms with Crippen LogP contribution in [0.4, 0.5) is 5.69 Å². The molecular weight excluding hydrogens is 344 g/mol. The van der Waals surface area contributed by atoms with Gasteiger partial charge in [-0.2, -0.15) is 0 Å². The summed E-state index contributed by atoms with van der Waals surface area (Å²) in [6.45, 7) is 9.63. The number of Topliss-reactive ketones (excluding diaryl/α,β-unsaturated/α-hetero) is 1. The number of ketones is 1. The minimum absolute atomic E-state index is 0.0107. The van der Waals surface area contributed by atoms with E-state index in [9.17, 15) is 4.79 Å². The van der Waals surface area contributed by atoms with Crippen molar-refractivity contribution < 1.29 is 4.79 Å². The highest BCUT2D eigenvalue weighted by atomic mass is 16.1. The van der Waals surface area contributed by atoms with Gasteiger partial charge in [-0.15, -0.1) is 0 Å². The summed E-state index contributed by atoms with van der Waals surface area (Å²) in [5.41, 5.74) is 5.05. The Morgan fingerprint density at radius 3 is 2.50 bits per heavy atom. The van der Waals surface area contributed by atoms with Crippen molar-refractivity contribution in [2.45, 2.75) is 85.5 Å². The van der Waals surface area contributed by atoms with Gasteiger partial charge in [0.2, 0.25) is 0 Å². The van der Waals surface area contributed by atoms with Crippen LogP contribution >= 0.6 is 0 Å². The van der Waals surface area contributed by atoms with Gasteiger partial charge >= 0.3 is 0 Å². The fraction of sp³-hybridized carbons (Fsp3) is 0.600. The van der Waals surface area contributed by atoms with Gasteiger partial charge in [-0.1, -0.05) is 77.5 Å². The molecule has 1 aromatic carbocycles. The molecule has 3 nitrogen and oxygen atoms in total. The van der Waals surface area contributed by atoms with E-state index in [2.05, 4.69) is 51.2 Å². The molecule has 1 N–H and O–H groups in total. The molecule has 0 atom stereocenters. The fourth-order valence-electron chi connectivity index (χ4n) is 4.43. The molecule has 2 aromatic rings. The molecule has 1 aromatic heterocycles. The third kappa shape index (κ3) is 4.74. The van der Waals surface area contributed by atoms with Gasteiger partial charge in [0.1, 0.15) is 0 Å². The molecule has 0 fully saturated rings. The number of benzene rings is 1. The van der Waals surface area contributed by atoms with Crippen LogP contribution in [0.25, 0.3) is 10.9 Å². The van der Waals surface area contributed by atoms with Gasteiger partial charge in [-0.05, 0) is 30.7 Å². The number of fused-ring (bicyclic) bond motifs is 2. The molecule has 3 heteroatoms. The molecule has 0 saturated heterocycles. The Kier molecular flexibility index (Phi) is 6.74. The first-order chi connectivity index (χ1) is 13.4. The Labute approximate surface area is 170 Å². The van der Waals surface area contributed by atoms with E-state index in [-0.39, 0.29) is 11.2 Å². The zero-order valence-corrected chi connectivity index (χ0v) is 18.2. The normalized spacial score (nSPS) is 15.6. The number of unbranched alkanes of at least 4 members (excludes halogenated alkanes) is 6. The maximum Gasteiger partial charge on any atom is 0.167 e. The number of nitrogens with zero attached hydrogens (tertiary/aromatic N) is 1. The molecule has 0 unspecified atom stereocenters. The number of carbonyl (C=O) groups excluding carboxylic acids is 1. The lowest BCUT2D eigenvalue weighted by Crippen LogP contribution is -2.29. The Morgan fingerprint density at radius 2 is 1.75 bits per heavy atom. The summed E-state index contributed by atoms with van der Waals surface area (Å²) in [5, 5.41) is 4.73. The molecule has 28 heavy (non-hydrogen) atoms. The highest BCUT2D eigenvalue weighted by Crippen LogP contribution is 2.40. The number of carbonyl (C=O) groups is 1. The van der Waals surface area contributed by atoms with E-state index >= 15 is 0 Å². The van der Waals surface area contributed by atoms with Crippen molar-refractivity contribution in [2.24, 2.45) is 5.41 Å². The second-order valence-corrected chi connectivity index (χ2v) is 9.27. The smallest absolute Gasteiger partial charge is 0.167 e. The van der Waals surface area contributed by atoms with Crippen LogP contribution in [0.15, 0.2) is 18.2 Å². The first kappa shape index (κ1) is 20.8. The van der Waals surface area contributed by atoms with Crippen molar-refractivity contribution in [3.63, 3.8) is 0 Å². The molecule has 1 heterocycles. The second-order valence-electron chi connectivity index (χ2n) is 9.27. The van der Waals surface area contributed by atoms with Gasteiger partial charge in [-0.25, -0.2) is 0 Å². The summed E-state index contributed by atoms with van der Waals surface area (Å²) in [6.07, 6.45) is 10.5. The molecule has 0 amide bonds. The van der Waals surface area contributed by atoms with E-state index in [1.165, 1.54) is 44.1 Å². The number of hydrogen-bond acceptors (Lipinski definition) is 3. The molecule has 0 bridgehead atoms. The molecule has 0 aliphatic heterocycles. The molecule has 152 valence electrons. The van der Waals surface area contributed by atoms with E-state index in [1.807, 2.05) is 0 Å². The van der Waals surface area contributed by atoms with Crippen molar-refractivity contribution in [3.8, 4) is 0 Å². The number of anilines is 1. The Bertz CT molecular complexity index is 838. The summed E-state index contributed by atoms with van der Waals surface area (Å²) >= 11 is 0. The standard InChI is InChI=1S/C25H36N2O/c1-5-6-7-8-9-10-11-15-26-24-19-14-12-13-18(2)23(19)27-20-16-25(3,4)17-21(28)22(20)24/h12-14H,5-11,15-17H2,1-4H3,(H,26,27). The molecule has 0 spiro atoms. The maximum atomic E-state index is 13.0. The van der Waals surface area contributed by atoms with Gasteiger partial charge in [-0.3, -0.25) is 9.78 Å². The number of para-hydroxylation sites is 1. The minimum atomic E-state index is -0.0107.